The third kappa shape index (κ3) is 4.75. The van der Waals surface area contributed by atoms with Crippen molar-refractivity contribution in [2.45, 2.75) is 12.6 Å². The second-order valence-electron chi connectivity index (χ2n) is 7.39. The number of benzene rings is 2. The lowest BCUT2D eigenvalue weighted by atomic mass is 9.96. The summed E-state index contributed by atoms with van der Waals surface area (Å²) in [7, 11) is 0. The molecule has 4 rings (SSSR count). The molecular weight excluding hydrogens is 406 g/mol. The van der Waals surface area contributed by atoms with E-state index in [0.717, 1.165) is 48.7 Å². The van der Waals surface area contributed by atoms with Crippen LogP contribution >= 0.6 is 11.3 Å². The fourth-order valence-electron chi connectivity index (χ4n) is 3.88. The van der Waals surface area contributed by atoms with Crippen molar-refractivity contribution in [3.63, 3.8) is 0 Å². The van der Waals surface area contributed by atoms with Gasteiger partial charge in [0.2, 0.25) is 0 Å². The van der Waals surface area contributed by atoms with Crippen molar-refractivity contribution < 1.29 is 18.7 Å². The first kappa shape index (κ1) is 20.7. The molecular formula is C23H22F2N2O2S. The molecule has 1 N–H and O–H groups in total. The zero-order valence-corrected chi connectivity index (χ0v) is 17.1. The van der Waals surface area contributed by atoms with Gasteiger partial charge in [-0.2, -0.15) is 0 Å². The Hall–Kier alpha value is -2.61. The first-order valence-electron chi connectivity index (χ1n) is 9.79. The quantitative estimate of drug-likeness (QED) is 0.622. The average Bonchev–Trinajstić information content (AvgIpc) is 3.21. The summed E-state index contributed by atoms with van der Waals surface area (Å²) in [4.78, 5) is 17.1. The molecule has 7 heteroatoms. The second kappa shape index (κ2) is 9.04. The van der Waals surface area contributed by atoms with Crippen molar-refractivity contribution in [1.29, 1.82) is 0 Å². The molecule has 0 amide bonds. The number of piperazine rings is 1. The van der Waals surface area contributed by atoms with Gasteiger partial charge < -0.3 is 5.11 Å². The minimum Gasteiger partial charge on any atom is -0.477 e. The van der Waals surface area contributed by atoms with E-state index in [4.69, 9.17) is 5.11 Å². The number of aromatic carboxylic acids is 1. The first-order valence-corrected chi connectivity index (χ1v) is 10.6. The van der Waals surface area contributed by atoms with Crippen LogP contribution in [0.2, 0.25) is 0 Å². The Bertz CT molecular complexity index is 951. The van der Waals surface area contributed by atoms with E-state index < -0.39 is 5.97 Å². The predicted octanol–water partition coefficient (Wildman–Crippen LogP) is 4.63. The van der Waals surface area contributed by atoms with Crippen LogP contribution in [0.5, 0.6) is 0 Å². The van der Waals surface area contributed by atoms with E-state index in [2.05, 4.69) is 9.80 Å². The van der Waals surface area contributed by atoms with Crippen molar-refractivity contribution in [1.82, 2.24) is 9.80 Å². The highest BCUT2D eigenvalue weighted by Gasteiger charge is 2.27. The number of thiophene rings is 1. The second-order valence-corrected chi connectivity index (χ2v) is 8.56. The van der Waals surface area contributed by atoms with Crippen molar-refractivity contribution in [2.75, 3.05) is 26.2 Å². The summed E-state index contributed by atoms with van der Waals surface area (Å²) in [6.07, 6.45) is 0. The number of nitrogens with zero attached hydrogens (tertiary/aromatic N) is 2. The van der Waals surface area contributed by atoms with Crippen LogP contribution in [0.15, 0.2) is 60.7 Å². The minimum absolute atomic E-state index is 0.0753. The summed E-state index contributed by atoms with van der Waals surface area (Å²) in [5.74, 6) is -1.45. The molecule has 4 nitrogen and oxygen atoms in total. The topological polar surface area (TPSA) is 43.8 Å². The Labute approximate surface area is 178 Å². The maximum absolute atomic E-state index is 13.5. The van der Waals surface area contributed by atoms with Gasteiger partial charge in [0.1, 0.15) is 16.5 Å². The highest BCUT2D eigenvalue weighted by atomic mass is 32.1. The number of hydrogen-bond donors (Lipinski definition) is 1. The molecule has 3 aromatic rings. The largest absolute Gasteiger partial charge is 0.477 e. The van der Waals surface area contributed by atoms with Crippen LogP contribution in [-0.2, 0) is 6.54 Å². The highest BCUT2D eigenvalue weighted by molar-refractivity contribution is 7.13. The van der Waals surface area contributed by atoms with Crippen molar-refractivity contribution in [3.8, 4) is 0 Å². The van der Waals surface area contributed by atoms with E-state index in [-0.39, 0.29) is 17.7 Å². The van der Waals surface area contributed by atoms with Crippen molar-refractivity contribution >= 4 is 17.3 Å². The molecule has 0 bridgehead atoms. The number of rotatable bonds is 6. The lowest BCUT2D eigenvalue weighted by Crippen LogP contribution is -2.47. The Morgan fingerprint density at radius 1 is 0.867 bits per heavy atom. The molecule has 30 heavy (non-hydrogen) atoms. The van der Waals surface area contributed by atoms with Gasteiger partial charge >= 0.3 is 5.97 Å². The van der Waals surface area contributed by atoms with E-state index in [1.54, 1.807) is 30.3 Å². The number of carboxylic acid groups (broad SMARTS) is 1. The molecule has 0 atom stereocenters. The monoisotopic (exact) mass is 428 g/mol. The zero-order valence-electron chi connectivity index (χ0n) is 16.3. The standard InChI is InChI=1S/C23H22F2N2O2S/c24-18-5-1-16(2-6-18)22(17-3-7-19(25)8-4-17)27-13-11-26(12-14-27)15-20-9-10-21(30-20)23(28)29/h1-10,22H,11-15H2,(H,28,29). The average molecular weight is 429 g/mol. The smallest absolute Gasteiger partial charge is 0.345 e. The van der Waals surface area contributed by atoms with Crippen LogP contribution in [0.1, 0.15) is 31.7 Å². The summed E-state index contributed by atoms with van der Waals surface area (Å²) >= 11 is 1.31. The predicted molar refractivity (Wildman–Crippen MR) is 113 cm³/mol. The normalized spacial score (nSPS) is 15.6. The number of carbonyl (C=O) groups is 1. The van der Waals surface area contributed by atoms with Gasteiger partial charge in [0.15, 0.2) is 0 Å². The maximum atomic E-state index is 13.5. The summed E-state index contributed by atoms with van der Waals surface area (Å²) in [6.45, 7) is 4.00. The van der Waals surface area contributed by atoms with Gasteiger partial charge in [0.25, 0.3) is 0 Å². The van der Waals surface area contributed by atoms with E-state index in [1.165, 1.54) is 35.6 Å². The van der Waals surface area contributed by atoms with Crippen LogP contribution in [-0.4, -0.2) is 47.1 Å². The molecule has 0 spiro atoms. The molecule has 0 saturated carbocycles. The zero-order chi connectivity index (χ0) is 21.1. The Morgan fingerprint density at radius 3 is 1.87 bits per heavy atom. The van der Waals surface area contributed by atoms with E-state index in [1.807, 2.05) is 6.07 Å². The third-order valence-electron chi connectivity index (χ3n) is 5.40. The maximum Gasteiger partial charge on any atom is 0.345 e. The fourth-order valence-corrected chi connectivity index (χ4v) is 4.77. The van der Waals surface area contributed by atoms with Gasteiger partial charge in [-0.15, -0.1) is 11.3 Å². The summed E-state index contributed by atoms with van der Waals surface area (Å²) in [5, 5.41) is 9.09. The molecule has 1 aliphatic rings. The molecule has 0 unspecified atom stereocenters. The fraction of sp³-hybridized carbons (Fsp3) is 0.261. The highest BCUT2D eigenvalue weighted by Crippen LogP contribution is 2.30. The molecule has 0 aliphatic carbocycles. The van der Waals surface area contributed by atoms with Crippen LogP contribution in [0, 0.1) is 11.6 Å². The summed E-state index contributed by atoms with van der Waals surface area (Å²) < 4.78 is 26.9. The van der Waals surface area contributed by atoms with Gasteiger partial charge in [0.05, 0.1) is 6.04 Å². The third-order valence-corrected chi connectivity index (χ3v) is 6.45. The number of carboxylic acids is 1. The Balaban J connectivity index is 1.48. The minimum atomic E-state index is -0.891. The number of halogens is 2. The van der Waals surface area contributed by atoms with Gasteiger partial charge in [0, 0.05) is 37.6 Å². The molecule has 1 fully saturated rings. The first-order chi connectivity index (χ1) is 14.5. The van der Waals surface area contributed by atoms with Gasteiger partial charge in [-0.1, -0.05) is 24.3 Å². The molecule has 0 radical (unpaired) electrons. The van der Waals surface area contributed by atoms with Crippen LogP contribution < -0.4 is 0 Å². The van der Waals surface area contributed by atoms with E-state index in [9.17, 15) is 13.6 Å². The van der Waals surface area contributed by atoms with E-state index >= 15 is 0 Å². The molecule has 156 valence electrons. The molecule has 1 saturated heterocycles. The lowest BCUT2D eigenvalue weighted by molar-refractivity contribution is 0.0702. The summed E-state index contributed by atoms with van der Waals surface area (Å²) in [5.41, 5.74) is 1.95. The van der Waals surface area contributed by atoms with Gasteiger partial charge in [-0.05, 0) is 47.5 Å². The molecule has 2 heterocycles. The van der Waals surface area contributed by atoms with Gasteiger partial charge in [-0.3, -0.25) is 9.80 Å². The van der Waals surface area contributed by atoms with Crippen molar-refractivity contribution in [2.24, 2.45) is 0 Å². The SMILES string of the molecule is O=C(O)c1ccc(CN2CCN(C(c3ccc(F)cc3)c3ccc(F)cc3)CC2)s1. The number of hydrogen-bond acceptors (Lipinski definition) is 4. The summed E-state index contributed by atoms with van der Waals surface area (Å²) in [6, 6.07) is 16.4. The van der Waals surface area contributed by atoms with Gasteiger partial charge in [-0.25, -0.2) is 13.6 Å². The van der Waals surface area contributed by atoms with Crippen LogP contribution in [0.3, 0.4) is 0 Å². The van der Waals surface area contributed by atoms with E-state index in [0.29, 0.717) is 4.88 Å². The Kier molecular flexibility index (Phi) is 6.22. The molecule has 1 aliphatic heterocycles. The lowest BCUT2D eigenvalue weighted by Gasteiger charge is -2.39. The molecule has 2 aromatic carbocycles. The Morgan fingerprint density at radius 2 is 1.40 bits per heavy atom. The van der Waals surface area contributed by atoms with Crippen LogP contribution in [0.4, 0.5) is 8.78 Å². The van der Waals surface area contributed by atoms with Crippen LogP contribution in [0.25, 0.3) is 0 Å². The van der Waals surface area contributed by atoms with Crippen molar-refractivity contribution in [3.05, 3.63) is 93.2 Å². The molecule has 1 aromatic heterocycles.